The summed E-state index contributed by atoms with van der Waals surface area (Å²) in [5, 5.41) is 0. The minimum atomic E-state index is 1.06. The lowest BCUT2D eigenvalue weighted by atomic mass is 10.0. The zero-order chi connectivity index (χ0) is 10.3. The SMILES string of the molecule is C=C\C=C/C(=C/C(=C)C)C(/C)=C\C. The van der Waals surface area contributed by atoms with Crippen molar-refractivity contribution in [2.75, 3.05) is 0 Å². The van der Waals surface area contributed by atoms with E-state index in [9.17, 15) is 0 Å². The van der Waals surface area contributed by atoms with Crippen LogP contribution in [0.25, 0.3) is 0 Å². The molecule has 0 aliphatic carbocycles. The second-order valence-electron chi connectivity index (χ2n) is 3.01. The number of rotatable bonds is 4. The van der Waals surface area contributed by atoms with Crippen molar-refractivity contribution < 1.29 is 0 Å². The molecule has 0 fully saturated rings. The van der Waals surface area contributed by atoms with Crippen LogP contribution in [0.3, 0.4) is 0 Å². The predicted octanol–water partition coefficient (Wildman–Crippen LogP) is 4.20. The van der Waals surface area contributed by atoms with Crippen molar-refractivity contribution in [3.8, 4) is 0 Å². The van der Waals surface area contributed by atoms with E-state index in [2.05, 4.69) is 32.2 Å². The number of allylic oxidation sites excluding steroid dienone is 8. The summed E-state index contributed by atoms with van der Waals surface area (Å²) in [4.78, 5) is 0. The van der Waals surface area contributed by atoms with Crippen LogP contribution in [0.4, 0.5) is 0 Å². The molecule has 0 amide bonds. The summed E-state index contributed by atoms with van der Waals surface area (Å²) in [6, 6.07) is 0. The van der Waals surface area contributed by atoms with Crippen LogP contribution in [-0.2, 0) is 0 Å². The van der Waals surface area contributed by atoms with Gasteiger partial charge < -0.3 is 0 Å². The molecule has 70 valence electrons. The van der Waals surface area contributed by atoms with Crippen LogP contribution in [0.1, 0.15) is 20.8 Å². The molecule has 0 aliphatic rings. The summed E-state index contributed by atoms with van der Waals surface area (Å²) in [6.45, 7) is 13.6. The van der Waals surface area contributed by atoms with Crippen LogP contribution in [0, 0.1) is 0 Å². The molecule has 0 rings (SSSR count). The van der Waals surface area contributed by atoms with Crippen molar-refractivity contribution in [2.45, 2.75) is 20.8 Å². The Labute approximate surface area is 81.7 Å². The van der Waals surface area contributed by atoms with Crippen LogP contribution in [0.5, 0.6) is 0 Å². The van der Waals surface area contributed by atoms with Crippen LogP contribution < -0.4 is 0 Å². The molecule has 0 nitrogen and oxygen atoms in total. The van der Waals surface area contributed by atoms with Gasteiger partial charge in [-0.1, -0.05) is 49.1 Å². The molecule has 0 aromatic heterocycles. The summed E-state index contributed by atoms with van der Waals surface area (Å²) in [7, 11) is 0. The largest absolute Gasteiger partial charge is 0.0991 e. The summed E-state index contributed by atoms with van der Waals surface area (Å²) < 4.78 is 0. The minimum absolute atomic E-state index is 1.06. The minimum Gasteiger partial charge on any atom is -0.0991 e. The van der Waals surface area contributed by atoms with E-state index in [1.165, 1.54) is 11.1 Å². The third kappa shape index (κ3) is 5.02. The van der Waals surface area contributed by atoms with Crippen molar-refractivity contribution in [2.24, 2.45) is 0 Å². The Kier molecular flexibility index (Phi) is 5.62. The molecule has 0 aromatic rings. The third-order valence-corrected chi connectivity index (χ3v) is 1.70. The van der Waals surface area contributed by atoms with Crippen LogP contribution in [-0.4, -0.2) is 0 Å². The van der Waals surface area contributed by atoms with Crippen molar-refractivity contribution in [1.82, 2.24) is 0 Å². The van der Waals surface area contributed by atoms with E-state index in [1.54, 1.807) is 6.08 Å². The zero-order valence-electron chi connectivity index (χ0n) is 8.80. The molecule has 0 spiro atoms. The standard InChI is InChI=1S/C13H18/c1-6-8-9-13(10-11(3)4)12(5)7-2/h6-10H,1,3H2,2,4-5H3/b9-8-,12-7-,13-10-. The van der Waals surface area contributed by atoms with Gasteiger partial charge >= 0.3 is 0 Å². The predicted molar refractivity (Wildman–Crippen MR) is 61.7 cm³/mol. The van der Waals surface area contributed by atoms with E-state index in [1.807, 2.05) is 26.0 Å². The lowest BCUT2D eigenvalue weighted by Gasteiger charge is -2.01. The Bertz CT molecular complexity index is 272. The average Bonchev–Trinajstić information content (AvgIpc) is 2.10. The molecule has 0 heteroatoms. The van der Waals surface area contributed by atoms with Crippen molar-refractivity contribution in [3.05, 3.63) is 60.3 Å². The van der Waals surface area contributed by atoms with Gasteiger partial charge in [0.05, 0.1) is 0 Å². The van der Waals surface area contributed by atoms with E-state index in [4.69, 9.17) is 0 Å². The maximum atomic E-state index is 3.86. The molecular formula is C13H18. The molecule has 0 atom stereocenters. The van der Waals surface area contributed by atoms with E-state index in [0.29, 0.717) is 0 Å². The van der Waals surface area contributed by atoms with Gasteiger partial charge in [-0.05, 0) is 31.9 Å². The first-order valence-electron chi connectivity index (χ1n) is 4.41. The highest BCUT2D eigenvalue weighted by Crippen LogP contribution is 2.13. The van der Waals surface area contributed by atoms with Gasteiger partial charge in [0.1, 0.15) is 0 Å². The fourth-order valence-corrected chi connectivity index (χ4v) is 0.897. The quantitative estimate of drug-likeness (QED) is 0.560. The summed E-state index contributed by atoms with van der Waals surface area (Å²) in [6.07, 6.45) is 9.89. The maximum Gasteiger partial charge on any atom is -0.0228 e. The third-order valence-electron chi connectivity index (χ3n) is 1.70. The fraction of sp³-hybridized carbons (Fsp3) is 0.231. The monoisotopic (exact) mass is 174 g/mol. The van der Waals surface area contributed by atoms with Gasteiger partial charge in [0.2, 0.25) is 0 Å². The molecule has 0 aromatic carbocycles. The first kappa shape index (κ1) is 11.7. The van der Waals surface area contributed by atoms with Gasteiger partial charge in [0.15, 0.2) is 0 Å². The van der Waals surface area contributed by atoms with Gasteiger partial charge in [-0.15, -0.1) is 0 Å². The topological polar surface area (TPSA) is 0 Å². The highest BCUT2D eigenvalue weighted by Gasteiger charge is 1.93. The normalized spacial score (nSPS) is 13.5. The van der Waals surface area contributed by atoms with E-state index in [0.717, 1.165) is 5.57 Å². The Morgan fingerprint density at radius 2 is 1.85 bits per heavy atom. The second-order valence-corrected chi connectivity index (χ2v) is 3.01. The number of hydrogen-bond donors (Lipinski definition) is 0. The summed E-state index contributed by atoms with van der Waals surface area (Å²) >= 11 is 0. The molecule has 13 heavy (non-hydrogen) atoms. The molecular weight excluding hydrogens is 156 g/mol. The molecule has 0 N–H and O–H groups in total. The van der Waals surface area contributed by atoms with E-state index < -0.39 is 0 Å². The first-order chi connectivity index (χ1) is 6.11. The lowest BCUT2D eigenvalue weighted by Crippen LogP contribution is -1.81. The Balaban J connectivity index is 4.86. The van der Waals surface area contributed by atoms with Crippen molar-refractivity contribution in [3.63, 3.8) is 0 Å². The van der Waals surface area contributed by atoms with Gasteiger partial charge in [-0.2, -0.15) is 0 Å². The molecule has 0 bridgehead atoms. The van der Waals surface area contributed by atoms with E-state index in [-0.39, 0.29) is 0 Å². The highest BCUT2D eigenvalue weighted by atomic mass is 14.0. The first-order valence-corrected chi connectivity index (χ1v) is 4.41. The van der Waals surface area contributed by atoms with E-state index >= 15 is 0 Å². The molecule has 0 radical (unpaired) electrons. The van der Waals surface area contributed by atoms with Crippen molar-refractivity contribution >= 4 is 0 Å². The number of hydrogen-bond acceptors (Lipinski definition) is 0. The summed E-state index contributed by atoms with van der Waals surface area (Å²) in [5.74, 6) is 0. The van der Waals surface area contributed by atoms with Gasteiger partial charge in [0, 0.05) is 0 Å². The maximum absolute atomic E-state index is 3.86. The van der Waals surface area contributed by atoms with Gasteiger partial charge in [-0.3, -0.25) is 0 Å². The van der Waals surface area contributed by atoms with Crippen LogP contribution >= 0.6 is 0 Å². The molecule has 0 saturated carbocycles. The Morgan fingerprint density at radius 1 is 1.23 bits per heavy atom. The highest BCUT2D eigenvalue weighted by molar-refractivity contribution is 5.42. The Morgan fingerprint density at radius 3 is 2.23 bits per heavy atom. The fourth-order valence-electron chi connectivity index (χ4n) is 0.897. The average molecular weight is 174 g/mol. The lowest BCUT2D eigenvalue weighted by molar-refractivity contribution is 1.37. The van der Waals surface area contributed by atoms with Gasteiger partial charge in [-0.25, -0.2) is 0 Å². The molecule has 0 aliphatic heterocycles. The molecule has 0 saturated heterocycles. The second kappa shape index (κ2) is 6.24. The summed E-state index contributed by atoms with van der Waals surface area (Å²) in [5.41, 5.74) is 3.50. The molecule has 0 heterocycles. The van der Waals surface area contributed by atoms with Crippen LogP contribution in [0.15, 0.2) is 60.3 Å². The Hall–Kier alpha value is -1.30. The smallest absolute Gasteiger partial charge is 0.0228 e. The molecule has 0 unspecified atom stereocenters. The van der Waals surface area contributed by atoms with Gasteiger partial charge in [0.25, 0.3) is 0 Å². The van der Waals surface area contributed by atoms with Crippen molar-refractivity contribution in [1.29, 1.82) is 0 Å². The zero-order valence-corrected chi connectivity index (χ0v) is 8.80. The van der Waals surface area contributed by atoms with Crippen LogP contribution in [0.2, 0.25) is 0 Å².